The monoisotopic (exact) mass is 596 g/mol. The van der Waals surface area contributed by atoms with Crippen LogP contribution in [0.1, 0.15) is 63.7 Å². The lowest BCUT2D eigenvalue weighted by Crippen LogP contribution is -2.64. The van der Waals surface area contributed by atoms with Gasteiger partial charge in [0, 0.05) is 12.5 Å². The third-order valence-corrected chi connectivity index (χ3v) is 11.9. The standard InChI is InChI=1S/C34H44O9/c1-18(2)25-13-22-14-32(16-35)24-12-11-19(3)23(24)15-33(22,34(25,32)31(38)39)17-41-30-26(36)28(27(40-5)20(4)42-30)43-29(37)21-9-7-6-8-10-21/h6-10,13,16,18-20,22-24,26-28,30,36H,11-12,14-15,17H2,1-5H3,(H,38,39)/t19-,20-,22?,23-,24-,26+,27-,28+,30-,32?,33?,34?/m1/s1. The van der Waals surface area contributed by atoms with Crippen molar-refractivity contribution in [3.63, 3.8) is 0 Å². The molecule has 12 atom stereocenters. The molecule has 43 heavy (non-hydrogen) atoms. The van der Waals surface area contributed by atoms with Crippen LogP contribution in [0.4, 0.5) is 0 Å². The van der Waals surface area contributed by atoms with Crippen molar-refractivity contribution in [1.29, 1.82) is 0 Å². The fourth-order valence-corrected chi connectivity index (χ4v) is 10.2. The number of carboxylic acids is 1. The summed E-state index contributed by atoms with van der Waals surface area (Å²) in [5.74, 6) is -1.19. The van der Waals surface area contributed by atoms with Crippen molar-refractivity contribution in [3.05, 3.63) is 47.5 Å². The van der Waals surface area contributed by atoms with E-state index in [2.05, 4.69) is 13.0 Å². The van der Waals surface area contributed by atoms with Crippen molar-refractivity contribution < 1.29 is 43.5 Å². The van der Waals surface area contributed by atoms with Crippen LogP contribution in [-0.2, 0) is 28.5 Å². The maximum atomic E-state index is 13.7. The second-order valence-electron chi connectivity index (χ2n) is 13.9. The summed E-state index contributed by atoms with van der Waals surface area (Å²) in [5.41, 5.74) is -2.13. The van der Waals surface area contributed by atoms with Crippen LogP contribution in [0, 0.1) is 45.8 Å². The summed E-state index contributed by atoms with van der Waals surface area (Å²) in [4.78, 5) is 40.0. The molecule has 4 aliphatic carbocycles. The van der Waals surface area contributed by atoms with E-state index in [4.69, 9.17) is 18.9 Å². The molecule has 4 unspecified atom stereocenters. The number of hydrogen-bond acceptors (Lipinski definition) is 8. The molecule has 4 fully saturated rings. The molecule has 0 aromatic heterocycles. The highest BCUT2D eigenvalue weighted by atomic mass is 16.7. The molecule has 6 rings (SSSR count). The van der Waals surface area contributed by atoms with Crippen LogP contribution in [-0.4, -0.2) is 72.9 Å². The number of ether oxygens (including phenoxy) is 4. The number of esters is 1. The van der Waals surface area contributed by atoms with E-state index in [9.17, 15) is 24.6 Å². The van der Waals surface area contributed by atoms with Gasteiger partial charge in [-0.05, 0) is 67.9 Å². The minimum absolute atomic E-state index is 0.00629. The molecular weight excluding hydrogens is 552 g/mol. The third-order valence-electron chi connectivity index (χ3n) is 11.9. The fraction of sp³-hybridized carbons (Fsp3) is 0.676. The van der Waals surface area contributed by atoms with Gasteiger partial charge in [-0.2, -0.15) is 0 Å². The van der Waals surface area contributed by atoms with Gasteiger partial charge in [-0.3, -0.25) is 4.79 Å². The van der Waals surface area contributed by atoms with Crippen molar-refractivity contribution >= 4 is 18.2 Å². The lowest BCUT2D eigenvalue weighted by molar-refractivity contribution is -0.306. The Morgan fingerprint density at radius 2 is 1.84 bits per heavy atom. The molecule has 3 saturated carbocycles. The topological polar surface area (TPSA) is 129 Å². The number of fused-ring (bicyclic) bond motifs is 2. The van der Waals surface area contributed by atoms with Crippen LogP contribution >= 0.6 is 0 Å². The minimum Gasteiger partial charge on any atom is -0.481 e. The van der Waals surface area contributed by atoms with Gasteiger partial charge in [0.2, 0.25) is 0 Å². The summed E-state index contributed by atoms with van der Waals surface area (Å²) < 4.78 is 23.9. The first-order valence-corrected chi connectivity index (χ1v) is 15.6. The molecule has 0 amide bonds. The molecule has 2 N–H and O–H groups in total. The smallest absolute Gasteiger partial charge is 0.338 e. The number of carbonyl (C=O) groups is 3. The number of aldehydes is 1. The summed E-state index contributed by atoms with van der Waals surface area (Å²) >= 11 is 0. The van der Waals surface area contributed by atoms with Gasteiger partial charge in [-0.1, -0.05) is 57.0 Å². The predicted octanol–water partition coefficient (Wildman–Crippen LogP) is 4.27. The zero-order valence-electron chi connectivity index (χ0n) is 25.6. The van der Waals surface area contributed by atoms with Gasteiger partial charge in [-0.15, -0.1) is 0 Å². The molecular formula is C34H44O9. The van der Waals surface area contributed by atoms with Gasteiger partial charge in [0.05, 0.1) is 23.7 Å². The number of hydrogen-bond donors (Lipinski definition) is 2. The second kappa shape index (κ2) is 10.8. The van der Waals surface area contributed by atoms with Crippen molar-refractivity contribution in [3.8, 4) is 0 Å². The molecule has 5 aliphatic rings. The highest BCUT2D eigenvalue weighted by Gasteiger charge is 2.84. The zero-order chi connectivity index (χ0) is 30.9. The van der Waals surface area contributed by atoms with E-state index in [-0.39, 0.29) is 30.3 Å². The first-order chi connectivity index (χ1) is 20.5. The largest absolute Gasteiger partial charge is 0.481 e. The van der Waals surface area contributed by atoms with E-state index in [1.54, 1.807) is 37.3 Å². The Morgan fingerprint density at radius 1 is 1.12 bits per heavy atom. The second-order valence-corrected chi connectivity index (χ2v) is 13.9. The van der Waals surface area contributed by atoms with Crippen LogP contribution in [0.2, 0.25) is 0 Å². The number of carboxylic acid groups (broad SMARTS) is 1. The Kier molecular flexibility index (Phi) is 7.64. The van der Waals surface area contributed by atoms with Crippen molar-refractivity contribution in [1.82, 2.24) is 0 Å². The molecule has 1 heterocycles. The van der Waals surface area contributed by atoms with Crippen LogP contribution in [0.3, 0.4) is 0 Å². The van der Waals surface area contributed by atoms with Crippen LogP contribution in [0.15, 0.2) is 42.0 Å². The lowest BCUT2D eigenvalue weighted by Gasteiger charge is -2.58. The highest BCUT2D eigenvalue weighted by Crippen LogP contribution is 2.82. The van der Waals surface area contributed by atoms with Crippen LogP contribution in [0.25, 0.3) is 0 Å². The van der Waals surface area contributed by atoms with Crippen molar-refractivity contribution in [2.24, 2.45) is 45.8 Å². The molecule has 1 saturated heterocycles. The van der Waals surface area contributed by atoms with E-state index < -0.39 is 58.9 Å². The number of rotatable bonds is 9. The summed E-state index contributed by atoms with van der Waals surface area (Å²) in [6, 6.07) is 8.51. The van der Waals surface area contributed by atoms with Gasteiger partial charge >= 0.3 is 11.9 Å². The first kappa shape index (κ1) is 30.4. The molecule has 1 aliphatic heterocycles. The van der Waals surface area contributed by atoms with Gasteiger partial charge < -0.3 is 34.0 Å². The Labute approximate surface area is 252 Å². The van der Waals surface area contributed by atoms with E-state index in [1.165, 1.54) is 7.11 Å². The van der Waals surface area contributed by atoms with Crippen LogP contribution in [0.5, 0.6) is 0 Å². The van der Waals surface area contributed by atoms with Gasteiger partial charge in [0.25, 0.3) is 0 Å². The van der Waals surface area contributed by atoms with E-state index in [0.29, 0.717) is 24.3 Å². The SMILES string of the molecule is CO[C@H]1[C@@H](OC(=O)c2ccccc2)[C@H](O)[C@H](OCC23C[C@@H]4[C@H](C)CC[C@H]4C4(C=O)CC2C=C(C(C)C)C34C(=O)O)O[C@@H]1C. The molecule has 9 nitrogen and oxygen atoms in total. The summed E-state index contributed by atoms with van der Waals surface area (Å²) in [6.45, 7) is 7.97. The van der Waals surface area contributed by atoms with E-state index >= 15 is 0 Å². The van der Waals surface area contributed by atoms with Crippen molar-refractivity contribution in [2.45, 2.75) is 84.1 Å². The number of methoxy groups -OCH3 is 1. The molecule has 234 valence electrons. The minimum atomic E-state index is -1.40. The normalized spacial score (nSPS) is 44.6. The van der Waals surface area contributed by atoms with Gasteiger partial charge in [0.1, 0.15) is 23.9 Å². The van der Waals surface area contributed by atoms with Gasteiger partial charge in [-0.25, -0.2) is 4.79 Å². The highest BCUT2D eigenvalue weighted by molar-refractivity contribution is 5.90. The van der Waals surface area contributed by atoms with E-state index in [1.807, 2.05) is 13.8 Å². The molecule has 9 heteroatoms. The number of carbonyl (C=O) groups excluding carboxylic acids is 2. The Bertz CT molecular complexity index is 1290. The third kappa shape index (κ3) is 4.00. The number of allylic oxidation sites excluding steroid dienone is 1. The summed E-state index contributed by atoms with van der Waals surface area (Å²) in [7, 11) is 1.47. The number of aliphatic hydroxyl groups is 1. The quantitative estimate of drug-likeness (QED) is 0.244. The van der Waals surface area contributed by atoms with Crippen molar-refractivity contribution in [2.75, 3.05) is 13.7 Å². The molecule has 0 radical (unpaired) electrons. The lowest BCUT2D eigenvalue weighted by atomic mass is 9.43. The maximum Gasteiger partial charge on any atom is 0.338 e. The first-order valence-electron chi connectivity index (χ1n) is 15.6. The predicted molar refractivity (Wildman–Crippen MR) is 155 cm³/mol. The molecule has 0 spiro atoms. The van der Waals surface area contributed by atoms with Gasteiger partial charge in [0.15, 0.2) is 12.4 Å². The Morgan fingerprint density at radius 3 is 2.47 bits per heavy atom. The maximum absolute atomic E-state index is 13.7. The molecule has 1 aromatic carbocycles. The van der Waals surface area contributed by atoms with E-state index in [0.717, 1.165) is 24.7 Å². The summed E-state index contributed by atoms with van der Waals surface area (Å²) in [5, 5.41) is 22.7. The fourth-order valence-electron chi connectivity index (χ4n) is 10.2. The molecule has 4 bridgehead atoms. The zero-order valence-corrected chi connectivity index (χ0v) is 25.6. The number of benzene rings is 1. The Balaban J connectivity index is 1.34. The number of aliphatic carboxylic acids is 1. The average molecular weight is 597 g/mol. The average Bonchev–Trinajstić information content (AvgIpc) is 3.56. The van der Waals surface area contributed by atoms with Crippen LogP contribution < -0.4 is 0 Å². The Hall–Kier alpha value is -2.59. The number of aliphatic hydroxyl groups excluding tert-OH is 1. The summed E-state index contributed by atoms with van der Waals surface area (Å²) in [6.07, 6.45) is 1.03. The molecule has 1 aromatic rings.